The second kappa shape index (κ2) is 8.48. The zero-order chi connectivity index (χ0) is 12.5. The fourth-order valence-electron chi connectivity index (χ4n) is 2.10. The third kappa shape index (κ3) is 6.64. The van der Waals surface area contributed by atoms with Crippen molar-refractivity contribution >= 4 is 5.91 Å². The van der Waals surface area contributed by atoms with Crippen LogP contribution in [-0.4, -0.2) is 51.2 Å². The number of nitrogens with zero attached hydrogens (tertiary/aromatic N) is 1. The molecule has 0 aromatic heterocycles. The van der Waals surface area contributed by atoms with E-state index in [1.54, 1.807) is 0 Å². The molecule has 4 nitrogen and oxygen atoms in total. The van der Waals surface area contributed by atoms with E-state index in [9.17, 15) is 4.79 Å². The number of ether oxygens (including phenoxy) is 1. The van der Waals surface area contributed by atoms with Crippen LogP contribution in [0.2, 0.25) is 0 Å². The van der Waals surface area contributed by atoms with Gasteiger partial charge < -0.3 is 15.0 Å². The largest absolute Gasteiger partial charge is 0.378 e. The Morgan fingerprint density at radius 1 is 1.24 bits per heavy atom. The summed E-state index contributed by atoms with van der Waals surface area (Å²) in [6.07, 6.45) is 5.83. The van der Waals surface area contributed by atoms with E-state index >= 15 is 0 Å². The highest BCUT2D eigenvalue weighted by Crippen LogP contribution is 2.23. The van der Waals surface area contributed by atoms with Crippen LogP contribution in [0.25, 0.3) is 0 Å². The van der Waals surface area contributed by atoms with E-state index in [2.05, 4.69) is 10.2 Å². The van der Waals surface area contributed by atoms with Gasteiger partial charge in [-0.1, -0.05) is 19.3 Å². The van der Waals surface area contributed by atoms with Gasteiger partial charge >= 0.3 is 0 Å². The van der Waals surface area contributed by atoms with Crippen molar-refractivity contribution in [3.63, 3.8) is 0 Å². The highest BCUT2D eigenvalue weighted by molar-refractivity contribution is 5.78. The molecule has 17 heavy (non-hydrogen) atoms. The van der Waals surface area contributed by atoms with Crippen LogP contribution >= 0.6 is 0 Å². The monoisotopic (exact) mass is 242 g/mol. The molecule has 1 aliphatic carbocycles. The second-order valence-electron chi connectivity index (χ2n) is 5.04. The maximum atomic E-state index is 11.8. The summed E-state index contributed by atoms with van der Waals surface area (Å²) in [5.74, 6) is 0.478. The van der Waals surface area contributed by atoms with E-state index in [4.69, 9.17) is 4.74 Å². The molecule has 1 fully saturated rings. The molecule has 1 saturated carbocycles. The number of rotatable bonds is 7. The molecule has 4 heteroatoms. The summed E-state index contributed by atoms with van der Waals surface area (Å²) in [6, 6.07) is 0. The van der Waals surface area contributed by atoms with Crippen molar-refractivity contribution in [2.24, 2.45) is 5.92 Å². The fraction of sp³-hybridized carbons (Fsp3) is 0.923. The molecule has 0 aromatic rings. The first-order valence-corrected chi connectivity index (χ1v) is 6.70. The van der Waals surface area contributed by atoms with Gasteiger partial charge in [0, 0.05) is 19.0 Å². The number of carbonyl (C=O) groups excluding carboxylic acids is 1. The summed E-state index contributed by atoms with van der Waals surface area (Å²) in [7, 11) is 4.04. The number of likely N-dealkylation sites (N-methyl/N-ethyl adjacent to an activating group) is 1. The topological polar surface area (TPSA) is 41.6 Å². The highest BCUT2D eigenvalue weighted by Gasteiger charge is 2.20. The van der Waals surface area contributed by atoms with Crippen molar-refractivity contribution in [1.82, 2.24) is 10.2 Å². The van der Waals surface area contributed by atoms with Gasteiger partial charge in [0.1, 0.15) is 0 Å². The second-order valence-corrected chi connectivity index (χ2v) is 5.04. The van der Waals surface area contributed by atoms with E-state index in [1.807, 2.05) is 14.1 Å². The number of hydrogen-bond acceptors (Lipinski definition) is 3. The molecule has 100 valence electrons. The molecule has 1 amide bonds. The van der Waals surface area contributed by atoms with Crippen LogP contribution in [-0.2, 0) is 9.53 Å². The van der Waals surface area contributed by atoms with Crippen LogP contribution in [0.15, 0.2) is 0 Å². The summed E-state index contributed by atoms with van der Waals surface area (Å²) in [4.78, 5) is 13.8. The Hall–Kier alpha value is -0.610. The van der Waals surface area contributed by atoms with Gasteiger partial charge in [-0.05, 0) is 26.9 Å². The lowest BCUT2D eigenvalue weighted by Crippen LogP contribution is -2.34. The summed E-state index contributed by atoms with van der Waals surface area (Å²) in [6.45, 7) is 2.91. The van der Waals surface area contributed by atoms with E-state index in [0.717, 1.165) is 26.0 Å². The van der Waals surface area contributed by atoms with Crippen molar-refractivity contribution in [1.29, 1.82) is 0 Å². The Morgan fingerprint density at radius 2 is 1.94 bits per heavy atom. The molecular formula is C13H26N2O2. The van der Waals surface area contributed by atoms with Gasteiger partial charge in [0.05, 0.1) is 13.2 Å². The summed E-state index contributed by atoms with van der Waals surface area (Å²) in [5.41, 5.74) is 0. The lowest BCUT2D eigenvalue weighted by Gasteiger charge is -2.20. The van der Waals surface area contributed by atoms with Crippen LogP contribution in [0.4, 0.5) is 0 Å². The molecule has 0 radical (unpaired) electrons. The van der Waals surface area contributed by atoms with E-state index in [0.29, 0.717) is 13.2 Å². The van der Waals surface area contributed by atoms with Crippen molar-refractivity contribution in [2.45, 2.75) is 32.1 Å². The molecular weight excluding hydrogens is 216 g/mol. The lowest BCUT2D eigenvalue weighted by atomic mass is 9.89. The van der Waals surface area contributed by atoms with Crippen LogP contribution in [0.5, 0.6) is 0 Å². The zero-order valence-corrected chi connectivity index (χ0v) is 11.2. The molecule has 0 spiro atoms. The van der Waals surface area contributed by atoms with Crippen molar-refractivity contribution in [3.8, 4) is 0 Å². The summed E-state index contributed by atoms with van der Waals surface area (Å²) >= 11 is 0. The Labute approximate surface area is 105 Å². The number of hydrogen-bond donors (Lipinski definition) is 1. The van der Waals surface area contributed by atoms with E-state index in [-0.39, 0.29) is 11.8 Å². The summed E-state index contributed by atoms with van der Waals surface area (Å²) in [5, 5.41) is 2.96. The molecule has 0 heterocycles. The molecule has 1 rings (SSSR count). The molecule has 0 atom stereocenters. The number of nitrogens with one attached hydrogen (secondary N) is 1. The normalized spacial score (nSPS) is 17.4. The highest BCUT2D eigenvalue weighted by atomic mass is 16.5. The third-order valence-corrected chi connectivity index (χ3v) is 3.20. The average molecular weight is 242 g/mol. The number of amides is 1. The zero-order valence-electron chi connectivity index (χ0n) is 11.2. The Kier molecular flexibility index (Phi) is 7.21. The predicted octanol–water partition coefficient (Wildman–Crippen LogP) is 1.26. The van der Waals surface area contributed by atoms with Gasteiger partial charge in [-0.15, -0.1) is 0 Å². The van der Waals surface area contributed by atoms with Crippen LogP contribution in [0.3, 0.4) is 0 Å². The van der Waals surface area contributed by atoms with Gasteiger partial charge in [-0.2, -0.15) is 0 Å². The van der Waals surface area contributed by atoms with Gasteiger partial charge in [-0.3, -0.25) is 4.79 Å². The van der Waals surface area contributed by atoms with Gasteiger partial charge in [0.15, 0.2) is 0 Å². The van der Waals surface area contributed by atoms with Crippen molar-refractivity contribution < 1.29 is 9.53 Å². The quantitative estimate of drug-likeness (QED) is 0.683. The fourth-order valence-corrected chi connectivity index (χ4v) is 2.10. The minimum absolute atomic E-state index is 0.223. The molecule has 0 bridgehead atoms. The Balaban J connectivity index is 1.96. The van der Waals surface area contributed by atoms with E-state index < -0.39 is 0 Å². The minimum Gasteiger partial charge on any atom is -0.378 e. The molecule has 0 saturated heterocycles. The van der Waals surface area contributed by atoms with Gasteiger partial charge in [0.25, 0.3) is 0 Å². The molecule has 1 aliphatic rings. The average Bonchev–Trinajstić information content (AvgIpc) is 2.34. The first-order valence-electron chi connectivity index (χ1n) is 6.70. The first-order chi connectivity index (χ1) is 8.20. The van der Waals surface area contributed by atoms with Crippen LogP contribution in [0.1, 0.15) is 32.1 Å². The van der Waals surface area contributed by atoms with Gasteiger partial charge in [0.2, 0.25) is 5.91 Å². The standard InChI is InChI=1S/C13H26N2O2/c1-15(2)9-11-17-10-8-14-13(16)12-6-4-3-5-7-12/h12H,3-11H2,1-2H3,(H,14,16). The van der Waals surface area contributed by atoms with E-state index in [1.165, 1.54) is 19.3 Å². The van der Waals surface area contributed by atoms with Crippen LogP contribution in [0, 0.1) is 5.92 Å². The number of carbonyl (C=O) groups is 1. The molecule has 0 aliphatic heterocycles. The maximum absolute atomic E-state index is 11.8. The molecule has 0 aromatic carbocycles. The minimum atomic E-state index is 0.223. The Bertz CT molecular complexity index is 213. The summed E-state index contributed by atoms with van der Waals surface area (Å²) < 4.78 is 5.43. The van der Waals surface area contributed by atoms with Crippen molar-refractivity contribution in [3.05, 3.63) is 0 Å². The SMILES string of the molecule is CN(C)CCOCCNC(=O)C1CCCCC1. The lowest BCUT2D eigenvalue weighted by molar-refractivity contribution is -0.126. The van der Waals surface area contributed by atoms with Gasteiger partial charge in [-0.25, -0.2) is 0 Å². The first kappa shape index (κ1) is 14.5. The molecule has 0 unspecified atom stereocenters. The molecule has 1 N–H and O–H groups in total. The van der Waals surface area contributed by atoms with Crippen molar-refractivity contribution in [2.75, 3.05) is 40.4 Å². The Morgan fingerprint density at radius 3 is 2.59 bits per heavy atom. The smallest absolute Gasteiger partial charge is 0.223 e. The third-order valence-electron chi connectivity index (χ3n) is 3.20. The van der Waals surface area contributed by atoms with Crippen LogP contribution < -0.4 is 5.32 Å². The predicted molar refractivity (Wildman–Crippen MR) is 69.0 cm³/mol. The maximum Gasteiger partial charge on any atom is 0.223 e.